The van der Waals surface area contributed by atoms with E-state index in [-0.39, 0.29) is 23.3 Å². The molecule has 3 aromatic heterocycles. The summed E-state index contributed by atoms with van der Waals surface area (Å²) in [6, 6.07) is 7.79. The van der Waals surface area contributed by atoms with Gasteiger partial charge in [-0.05, 0) is 23.3 Å². The van der Waals surface area contributed by atoms with E-state index in [9.17, 15) is 9.90 Å². The van der Waals surface area contributed by atoms with Crippen molar-refractivity contribution in [3.05, 3.63) is 48.0 Å². The monoisotopic (exact) mass is 421 g/mol. The molecule has 0 unspecified atom stereocenters. The Morgan fingerprint density at radius 2 is 2.10 bits per heavy atom. The fourth-order valence-corrected chi connectivity index (χ4v) is 5.59. The van der Waals surface area contributed by atoms with Crippen molar-refractivity contribution in [2.24, 2.45) is 0 Å². The van der Waals surface area contributed by atoms with Crippen molar-refractivity contribution in [3.8, 4) is 11.3 Å². The van der Waals surface area contributed by atoms with Crippen LogP contribution in [0.3, 0.4) is 0 Å². The van der Waals surface area contributed by atoms with Crippen LogP contribution in [-0.2, 0) is 0 Å². The van der Waals surface area contributed by atoms with E-state index < -0.39 is 11.9 Å². The molecule has 1 aromatic carbocycles. The number of nitrogens with zero attached hydrogens (tertiary/aromatic N) is 5. The average Bonchev–Trinajstić information content (AvgIpc) is 3.33. The van der Waals surface area contributed by atoms with Gasteiger partial charge in [-0.25, -0.2) is 19.2 Å². The number of benzene rings is 1. The topological polar surface area (TPSA) is 82.5 Å². The lowest BCUT2D eigenvalue weighted by molar-refractivity contribution is 0.129. The van der Waals surface area contributed by atoms with E-state index in [2.05, 4.69) is 15.0 Å². The smallest absolute Gasteiger partial charge is 0.407 e. The second kappa shape index (κ2) is 6.33. The Kier molecular flexibility index (Phi) is 3.70. The van der Waals surface area contributed by atoms with Crippen LogP contribution in [0, 0.1) is 5.82 Å². The first-order chi connectivity index (χ1) is 14.6. The molecule has 2 saturated heterocycles. The van der Waals surface area contributed by atoms with Crippen LogP contribution in [0.15, 0.2) is 42.2 Å². The van der Waals surface area contributed by atoms with E-state index >= 15 is 4.39 Å². The molecule has 0 saturated carbocycles. The van der Waals surface area contributed by atoms with E-state index in [0.717, 1.165) is 22.1 Å². The van der Waals surface area contributed by atoms with Gasteiger partial charge in [0, 0.05) is 29.5 Å². The molecule has 0 spiro atoms. The SMILES string of the molecule is O=C(O)N1CC[C@@H]2[C@H]1CN2c1ncnc2c(F)c(-c3cccc4ccsc34)ncc12. The van der Waals surface area contributed by atoms with Crippen LogP contribution in [0.1, 0.15) is 6.42 Å². The van der Waals surface area contributed by atoms with E-state index in [0.29, 0.717) is 24.3 Å². The summed E-state index contributed by atoms with van der Waals surface area (Å²) in [6.07, 6.45) is 2.84. The van der Waals surface area contributed by atoms with Crippen molar-refractivity contribution in [3.63, 3.8) is 0 Å². The third kappa shape index (κ3) is 2.35. The number of anilines is 1. The van der Waals surface area contributed by atoms with E-state index in [4.69, 9.17) is 0 Å². The van der Waals surface area contributed by atoms with Gasteiger partial charge in [-0.3, -0.25) is 4.98 Å². The Labute approximate surface area is 174 Å². The van der Waals surface area contributed by atoms with Gasteiger partial charge < -0.3 is 14.9 Å². The number of aromatic nitrogens is 3. The lowest BCUT2D eigenvalue weighted by Gasteiger charge is -2.47. The summed E-state index contributed by atoms with van der Waals surface area (Å²) >= 11 is 1.56. The van der Waals surface area contributed by atoms with Crippen molar-refractivity contribution in [2.75, 3.05) is 18.0 Å². The number of pyridine rings is 1. The predicted octanol–water partition coefficient (Wildman–Crippen LogP) is 3.99. The Bertz CT molecular complexity index is 1330. The van der Waals surface area contributed by atoms with Gasteiger partial charge in [-0.1, -0.05) is 18.2 Å². The van der Waals surface area contributed by atoms with Gasteiger partial charge in [0.1, 0.15) is 23.4 Å². The van der Waals surface area contributed by atoms with Gasteiger partial charge in [0.05, 0.1) is 17.5 Å². The average molecular weight is 421 g/mol. The lowest BCUT2D eigenvalue weighted by atomic mass is 9.96. The molecule has 1 amide bonds. The third-order valence-corrected chi connectivity index (χ3v) is 7.11. The Hall–Kier alpha value is -3.33. The molecule has 2 atom stereocenters. The summed E-state index contributed by atoms with van der Waals surface area (Å²) in [6.45, 7) is 1.05. The summed E-state index contributed by atoms with van der Waals surface area (Å²) in [5.41, 5.74) is 1.26. The summed E-state index contributed by atoms with van der Waals surface area (Å²) in [7, 11) is 0. The Morgan fingerprint density at radius 3 is 2.97 bits per heavy atom. The number of hydrogen-bond acceptors (Lipinski definition) is 6. The van der Waals surface area contributed by atoms with Crippen molar-refractivity contribution < 1.29 is 14.3 Å². The molecule has 9 heteroatoms. The predicted molar refractivity (Wildman–Crippen MR) is 112 cm³/mol. The number of rotatable bonds is 2. The molecular weight excluding hydrogens is 405 g/mol. The molecule has 6 rings (SSSR count). The largest absolute Gasteiger partial charge is 0.465 e. The Balaban J connectivity index is 1.43. The van der Waals surface area contributed by atoms with Gasteiger partial charge >= 0.3 is 6.09 Å². The molecule has 0 radical (unpaired) electrons. The van der Waals surface area contributed by atoms with Crippen LogP contribution in [0.2, 0.25) is 0 Å². The van der Waals surface area contributed by atoms with Crippen LogP contribution in [0.4, 0.5) is 15.0 Å². The van der Waals surface area contributed by atoms with Crippen LogP contribution in [0.25, 0.3) is 32.2 Å². The van der Waals surface area contributed by atoms with E-state index in [1.54, 1.807) is 17.5 Å². The minimum absolute atomic E-state index is 0.0407. The number of hydrogen-bond donors (Lipinski definition) is 1. The maximum Gasteiger partial charge on any atom is 0.407 e. The molecule has 2 fully saturated rings. The summed E-state index contributed by atoms with van der Waals surface area (Å²) in [5, 5.41) is 12.9. The highest BCUT2D eigenvalue weighted by Gasteiger charge is 2.49. The van der Waals surface area contributed by atoms with Gasteiger partial charge in [0.2, 0.25) is 0 Å². The molecule has 150 valence electrons. The van der Waals surface area contributed by atoms with Gasteiger partial charge in [0.25, 0.3) is 0 Å². The molecule has 0 bridgehead atoms. The highest BCUT2D eigenvalue weighted by atomic mass is 32.1. The molecule has 30 heavy (non-hydrogen) atoms. The molecule has 0 aliphatic carbocycles. The first kappa shape index (κ1) is 17.5. The molecule has 1 N–H and O–H groups in total. The van der Waals surface area contributed by atoms with Crippen molar-refractivity contribution in [2.45, 2.75) is 18.5 Å². The second-order valence-corrected chi connectivity index (χ2v) is 8.49. The molecule has 7 nitrogen and oxygen atoms in total. The molecular formula is C21H16FN5O2S. The molecule has 2 aliphatic heterocycles. The van der Waals surface area contributed by atoms with E-state index in [1.165, 1.54) is 11.2 Å². The maximum absolute atomic E-state index is 15.5. The van der Waals surface area contributed by atoms with Crippen LogP contribution in [-0.4, -0.2) is 56.2 Å². The zero-order valence-electron chi connectivity index (χ0n) is 15.7. The summed E-state index contributed by atoms with van der Waals surface area (Å²) in [5.74, 6) is 0.147. The number of likely N-dealkylation sites (tertiary alicyclic amines) is 1. The molecule has 4 aromatic rings. The minimum atomic E-state index is -0.894. The maximum atomic E-state index is 15.5. The quantitative estimate of drug-likeness (QED) is 0.527. The summed E-state index contributed by atoms with van der Waals surface area (Å²) in [4.78, 5) is 27.9. The van der Waals surface area contributed by atoms with E-state index in [1.807, 2.05) is 34.5 Å². The third-order valence-electron chi connectivity index (χ3n) is 6.15. The number of carbonyl (C=O) groups is 1. The van der Waals surface area contributed by atoms with Crippen molar-refractivity contribution >= 4 is 44.2 Å². The number of thiophene rings is 1. The van der Waals surface area contributed by atoms with Gasteiger partial charge in [-0.15, -0.1) is 11.3 Å². The lowest BCUT2D eigenvalue weighted by Crippen LogP contribution is -2.63. The normalized spacial score (nSPS) is 20.6. The first-order valence-corrected chi connectivity index (χ1v) is 10.5. The highest BCUT2D eigenvalue weighted by Crippen LogP contribution is 2.40. The van der Waals surface area contributed by atoms with Crippen molar-refractivity contribution in [1.29, 1.82) is 0 Å². The minimum Gasteiger partial charge on any atom is -0.465 e. The Morgan fingerprint density at radius 1 is 1.20 bits per heavy atom. The van der Waals surface area contributed by atoms with Crippen LogP contribution < -0.4 is 4.90 Å². The fourth-order valence-electron chi connectivity index (χ4n) is 4.68. The van der Waals surface area contributed by atoms with Gasteiger partial charge in [0.15, 0.2) is 5.82 Å². The summed E-state index contributed by atoms with van der Waals surface area (Å²) < 4.78 is 16.5. The zero-order chi connectivity index (χ0) is 20.4. The standard InChI is InChI=1S/C21H16FN5O2S/c22-16-17(12-3-1-2-11-5-7-30-19(11)12)23-8-13-18(16)24-10-25-20(13)27-9-15-14(27)4-6-26(15)21(28)29/h1-3,5,7-8,10,14-15H,4,6,9H2,(H,28,29)/t14-,15-/m1/s1. The molecule has 2 aliphatic rings. The van der Waals surface area contributed by atoms with Crippen molar-refractivity contribution in [1.82, 2.24) is 19.9 Å². The second-order valence-electron chi connectivity index (χ2n) is 7.58. The number of carboxylic acid groups (broad SMARTS) is 1. The zero-order valence-corrected chi connectivity index (χ0v) is 16.5. The first-order valence-electron chi connectivity index (χ1n) is 9.65. The van der Waals surface area contributed by atoms with Gasteiger partial charge in [-0.2, -0.15) is 0 Å². The number of halogens is 1. The number of fused-ring (bicyclic) bond motifs is 3. The fraction of sp³-hybridized carbons (Fsp3) is 0.238. The number of amides is 1. The highest BCUT2D eigenvalue weighted by molar-refractivity contribution is 7.17. The van der Waals surface area contributed by atoms with Crippen LogP contribution in [0.5, 0.6) is 0 Å². The molecule has 5 heterocycles. The van der Waals surface area contributed by atoms with Crippen LogP contribution >= 0.6 is 11.3 Å².